The molecule has 0 N–H and O–H groups in total. The molecule has 3 heterocycles. The molecule has 1 aliphatic carbocycles. The SMILES string of the molecule is O=C(c1ccc(F)c(F)c1)N1CCC2(CC1)CC(Cc1noc(C3CC3)n1)CCO2. The number of piperidine rings is 1. The van der Waals surface area contributed by atoms with Crippen LogP contribution in [0.4, 0.5) is 8.78 Å². The highest BCUT2D eigenvalue weighted by molar-refractivity contribution is 5.94. The van der Waals surface area contributed by atoms with Crippen molar-refractivity contribution in [1.29, 1.82) is 0 Å². The molecule has 3 fully saturated rings. The summed E-state index contributed by atoms with van der Waals surface area (Å²) in [6.45, 7) is 1.77. The van der Waals surface area contributed by atoms with Crippen molar-refractivity contribution in [2.24, 2.45) is 5.92 Å². The first-order valence-electron chi connectivity index (χ1n) is 10.7. The van der Waals surface area contributed by atoms with Crippen LogP contribution in [0.15, 0.2) is 22.7 Å². The maximum atomic E-state index is 13.5. The summed E-state index contributed by atoms with van der Waals surface area (Å²) in [5.41, 5.74) is -0.0626. The van der Waals surface area contributed by atoms with Crippen molar-refractivity contribution in [3.8, 4) is 0 Å². The van der Waals surface area contributed by atoms with Crippen LogP contribution in [0, 0.1) is 17.6 Å². The maximum Gasteiger partial charge on any atom is 0.253 e. The molecule has 2 aromatic rings. The monoisotopic (exact) mass is 417 g/mol. The molecule has 1 aromatic carbocycles. The van der Waals surface area contributed by atoms with E-state index in [9.17, 15) is 13.6 Å². The van der Waals surface area contributed by atoms with Crippen LogP contribution < -0.4 is 0 Å². The number of aromatic nitrogens is 2. The third-order valence-corrected chi connectivity index (χ3v) is 6.61. The molecule has 1 unspecified atom stereocenters. The summed E-state index contributed by atoms with van der Waals surface area (Å²) in [4.78, 5) is 18.9. The highest BCUT2D eigenvalue weighted by Gasteiger charge is 2.41. The van der Waals surface area contributed by atoms with Gasteiger partial charge in [-0.25, -0.2) is 8.78 Å². The molecule has 1 aromatic heterocycles. The predicted octanol–water partition coefficient (Wildman–Crippen LogP) is 3.87. The van der Waals surface area contributed by atoms with Gasteiger partial charge < -0.3 is 14.2 Å². The van der Waals surface area contributed by atoms with Crippen LogP contribution in [0.25, 0.3) is 0 Å². The van der Waals surface area contributed by atoms with Gasteiger partial charge in [-0.15, -0.1) is 0 Å². The molecular weight excluding hydrogens is 392 g/mol. The Morgan fingerprint density at radius 2 is 1.97 bits per heavy atom. The number of rotatable bonds is 4. The number of hydrogen-bond donors (Lipinski definition) is 0. The predicted molar refractivity (Wildman–Crippen MR) is 103 cm³/mol. The van der Waals surface area contributed by atoms with Gasteiger partial charge in [0, 0.05) is 37.6 Å². The van der Waals surface area contributed by atoms with Crippen LogP contribution in [-0.4, -0.2) is 46.2 Å². The number of hydrogen-bond acceptors (Lipinski definition) is 5. The molecule has 0 bridgehead atoms. The van der Waals surface area contributed by atoms with E-state index in [2.05, 4.69) is 10.1 Å². The fourth-order valence-electron chi connectivity index (χ4n) is 4.69. The van der Waals surface area contributed by atoms with Gasteiger partial charge in [-0.3, -0.25) is 4.79 Å². The highest BCUT2D eigenvalue weighted by atomic mass is 19.2. The summed E-state index contributed by atoms with van der Waals surface area (Å²) < 4.78 is 38.2. The zero-order chi connectivity index (χ0) is 20.7. The Balaban J connectivity index is 1.19. The largest absolute Gasteiger partial charge is 0.375 e. The summed E-state index contributed by atoms with van der Waals surface area (Å²) in [5, 5.41) is 4.15. The number of halogens is 2. The topological polar surface area (TPSA) is 68.5 Å². The van der Waals surface area contributed by atoms with Gasteiger partial charge in [0.25, 0.3) is 5.91 Å². The quantitative estimate of drug-likeness (QED) is 0.756. The summed E-state index contributed by atoms with van der Waals surface area (Å²) in [5.74, 6) is 0.229. The normalized spacial score (nSPS) is 23.7. The second kappa shape index (κ2) is 7.72. The minimum atomic E-state index is -1.00. The first kappa shape index (κ1) is 19.6. The van der Waals surface area contributed by atoms with Crippen LogP contribution in [-0.2, 0) is 11.2 Å². The van der Waals surface area contributed by atoms with Crippen molar-refractivity contribution in [2.75, 3.05) is 19.7 Å². The second-order valence-electron chi connectivity index (χ2n) is 8.84. The lowest BCUT2D eigenvalue weighted by molar-refractivity contribution is -0.123. The number of ether oxygens (including phenoxy) is 1. The van der Waals surface area contributed by atoms with Crippen LogP contribution in [0.3, 0.4) is 0 Å². The molecule has 8 heteroatoms. The highest BCUT2D eigenvalue weighted by Crippen LogP contribution is 2.40. The Labute approximate surface area is 173 Å². The van der Waals surface area contributed by atoms with Gasteiger partial charge in [-0.1, -0.05) is 5.16 Å². The van der Waals surface area contributed by atoms with Crippen molar-refractivity contribution in [3.05, 3.63) is 47.1 Å². The van der Waals surface area contributed by atoms with E-state index in [1.54, 1.807) is 4.90 Å². The Morgan fingerprint density at radius 1 is 1.17 bits per heavy atom. The molecule has 3 aliphatic rings. The lowest BCUT2D eigenvalue weighted by Gasteiger charge is -2.46. The molecule has 1 atom stereocenters. The van der Waals surface area contributed by atoms with Gasteiger partial charge in [0.05, 0.1) is 5.60 Å². The molecule has 1 saturated carbocycles. The molecule has 5 rings (SSSR count). The van der Waals surface area contributed by atoms with Crippen LogP contribution in [0.1, 0.15) is 66.5 Å². The summed E-state index contributed by atoms with van der Waals surface area (Å²) >= 11 is 0. The fourth-order valence-corrected chi connectivity index (χ4v) is 4.69. The zero-order valence-corrected chi connectivity index (χ0v) is 16.8. The molecule has 1 amide bonds. The zero-order valence-electron chi connectivity index (χ0n) is 16.8. The number of nitrogens with zero attached hydrogens (tertiary/aromatic N) is 3. The lowest BCUT2D eigenvalue weighted by atomic mass is 9.78. The maximum absolute atomic E-state index is 13.5. The second-order valence-corrected chi connectivity index (χ2v) is 8.84. The van der Waals surface area contributed by atoms with E-state index < -0.39 is 11.6 Å². The third kappa shape index (κ3) is 3.97. The number of carbonyl (C=O) groups excluding carboxylic acids is 1. The lowest BCUT2D eigenvalue weighted by Crippen LogP contribution is -2.51. The van der Waals surface area contributed by atoms with Gasteiger partial charge in [0.1, 0.15) is 0 Å². The molecule has 6 nitrogen and oxygen atoms in total. The van der Waals surface area contributed by atoms with Crippen LogP contribution in [0.5, 0.6) is 0 Å². The molecule has 1 spiro atoms. The molecule has 2 saturated heterocycles. The van der Waals surface area contributed by atoms with E-state index in [0.29, 0.717) is 31.5 Å². The molecule has 2 aliphatic heterocycles. The van der Waals surface area contributed by atoms with E-state index in [-0.39, 0.29) is 17.1 Å². The van der Waals surface area contributed by atoms with Gasteiger partial charge in [-0.2, -0.15) is 4.98 Å². The van der Waals surface area contributed by atoms with E-state index in [0.717, 1.165) is 68.8 Å². The Morgan fingerprint density at radius 3 is 2.70 bits per heavy atom. The van der Waals surface area contributed by atoms with Crippen molar-refractivity contribution in [2.45, 2.75) is 56.5 Å². The third-order valence-electron chi connectivity index (χ3n) is 6.61. The summed E-state index contributed by atoms with van der Waals surface area (Å²) in [6, 6.07) is 3.30. The number of benzene rings is 1. The smallest absolute Gasteiger partial charge is 0.253 e. The molecular formula is C22H25F2N3O3. The first-order chi connectivity index (χ1) is 14.5. The van der Waals surface area contributed by atoms with E-state index in [4.69, 9.17) is 9.26 Å². The number of amides is 1. The number of likely N-dealkylation sites (tertiary alicyclic amines) is 1. The average Bonchev–Trinajstić information content (AvgIpc) is 3.50. The van der Waals surface area contributed by atoms with E-state index >= 15 is 0 Å². The Hall–Kier alpha value is -2.35. The standard InChI is InChI=1S/C22H25F2N3O3/c23-17-4-3-16(12-18(17)24)21(28)27-8-6-22(7-9-27)13-14(5-10-29-22)11-19-25-20(30-26-19)15-1-2-15/h3-4,12,14-15H,1-2,5-11,13H2. The van der Waals surface area contributed by atoms with Crippen molar-refractivity contribution in [1.82, 2.24) is 15.0 Å². The Bertz CT molecular complexity index is 935. The number of carbonyl (C=O) groups is 1. The molecule has 0 radical (unpaired) electrons. The van der Waals surface area contributed by atoms with E-state index in [1.807, 2.05) is 0 Å². The van der Waals surface area contributed by atoms with Crippen molar-refractivity contribution >= 4 is 5.91 Å². The average molecular weight is 417 g/mol. The van der Waals surface area contributed by atoms with Crippen molar-refractivity contribution in [3.63, 3.8) is 0 Å². The molecule has 160 valence electrons. The van der Waals surface area contributed by atoms with Gasteiger partial charge in [0.15, 0.2) is 17.5 Å². The van der Waals surface area contributed by atoms with Gasteiger partial charge in [-0.05, 0) is 62.6 Å². The van der Waals surface area contributed by atoms with Gasteiger partial charge in [0.2, 0.25) is 5.89 Å². The minimum Gasteiger partial charge on any atom is -0.375 e. The van der Waals surface area contributed by atoms with E-state index in [1.165, 1.54) is 6.07 Å². The Kier molecular flexibility index (Phi) is 5.05. The summed E-state index contributed by atoms with van der Waals surface area (Å²) in [7, 11) is 0. The fraction of sp³-hybridized carbons (Fsp3) is 0.591. The summed E-state index contributed by atoms with van der Waals surface area (Å²) in [6.07, 6.45) is 6.42. The van der Waals surface area contributed by atoms with Crippen molar-refractivity contribution < 1.29 is 22.8 Å². The van der Waals surface area contributed by atoms with Gasteiger partial charge >= 0.3 is 0 Å². The van der Waals surface area contributed by atoms with Crippen LogP contribution >= 0.6 is 0 Å². The van der Waals surface area contributed by atoms with Crippen LogP contribution in [0.2, 0.25) is 0 Å². The molecule has 30 heavy (non-hydrogen) atoms. The first-order valence-corrected chi connectivity index (χ1v) is 10.7. The minimum absolute atomic E-state index is 0.177.